The SMILES string of the molecule is C=CC(=O)Cl.C=CC(=O)OCCn1c2ccc3ccccc3c2c2c3ccccc3ccc21.OCCBr.OCCn1c2ccc3ccccc3c2c2c3ccccc3ccc21.c1ccc2c3c(ccc2c1)Cc1ccc2ccccc2c1-3. The highest BCUT2D eigenvalue weighted by molar-refractivity contribution is 9.09. The molecule has 14 aromatic rings. The number of rotatable bonds is 8. The van der Waals surface area contributed by atoms with Gasteiger partial charge in [-0.1, -0.05) is 223 Å². The number of carbonyl (C=O) groups is 2. The molecule has 0 radical (unpaired) electrons. The van der Waals surface area contributed by atoms with Crippen LogP contribution in [0, 0.1) is 0 Å². The van der Waals surface area contributed by atoms with Crippen LogP contribution in [0.4, 0.5) is 0 Å². The molecule has 0 fully saturated rings. The third-order valence-corrected chi connectivity index (χ3v) is 15.8. The van der Waals surface area contributed by atoms with E-state index in [0.717, 1.165) is 23.5 Å². The van der Waals surface area contributed by atoms with Crippen LogP contribution in [0.15, 0.2) is 244 Å². The van der Waals surface area contributed by atoms with Crippen LogP contribution in [0.2, 0.25) is 0 Å². The van der Waals surface area contributed by atoms with Crippen molar-refractivity contribution in [3.63, 3.8) is 0 Å². The van der Waals surface area contributed by atoms with E-state index < -0.39 is 11.2 Å². The largest absolute Gasteiger partial charge is 0.461 e. The van der Waals surface area contributed by atoms with Gasteiger partial charge in [-0.3, -0.25) is 4.79 Å². The topological polar surface area (TPSA) is 93.7 Å². The summed E-state index contributed by atoms with van der Waals surface area (Å²) < 4.78 is 9.75. The second-order valence-electron chi connectivity index (χ2n) is 19.9. The molecule has 0 bridgehead atoms. The van der Waals surface area contributed by atoms with Gasteiger partial charge in [0.1, 0.15) is 6.61 Å². The lowest BCUT2D eigenvalue weighted by atomic mass is 9.94. The molecular formula is C73H58BrClN2O5. The zero-order valence-electron chi connectivity index (χ0n) is 45.1. The molecule has 0 unspecified atom stereocenters. The first kappa shape index (κ1) is 55.0. The lowest BCUT2D eigenvalue weighted by Gasteiger charge is -2.09. The van der Waals surface area contributed by atoms with Crippen LogP contribution in [0.1, 0.15) is 11.1 Å². The van der Waals surface area contributed by atoms with Crippen molar-refractivity contribution in [3.8, 4) is 11.1 Å². The summed E-state index contributed by atoms with van der Waals surface area (Å²) in [5, 5.41) is 38.0. The van der Waals surface area contributed by atoms with Gasteiger partial charge in [0.2, 0.25) is 5.24 Å². The molecule has 15 rings (SSSR count). The molecule has 0 aliphatic heterocycles. The summed E-state index contributed by atoms with van der Waals surface area (Å²) in [6, 6.07) is 78.0. The fourth-order valence-electron chi connectivity index (χ4n) is 11.9. The van der Waals surface area contributed by atoms with Gasteiger partial charge in [-0.2, -0.15) is 0 Å². The van der Waals surface area contributed by atoms with Crippen molar-refractivity contribution in [2.24, 2.45) is 0 Å². The van der Waals surface area contributed by atoms with Crippen LogP contribution in [0.3, 0.4) is 0 Å². The minimum atomic E-state index is -0.509. The van der Waals surface area contributed by atoms with E-state index in [1.54, 1.807) is 0 Å². The number of aromatic nitrogens is 2. The highest BCUT2D eigenvalue weighted by atomic mass is 79.9. The number of carbonyl (C=O) groups excluding carboxylic acids is 2. The first-order valence-corrected chi connectivity index (χ1v) is 28.8. The number of allylic oxidation sites excluding steroid dienone is 1. The Balaban J connectivity index is 0.000000121. The van der Waals surface area contributed by atoms with Crippen molar-refractivity contribution in [1.82, 2.24) is 9.13 Å². The first-order valence-electron chi connectivity index (χ1n) is 27.3. The predicted molar refractivity (Wildman–Crippen MR) is 349 cm³/mol. The molecule has 2 heterocycles. The maximum atomic E-state index is 11.5. The van der Waals surface area contributed by atoms with Crippen LogP contribution in [-0.4, -0.2) is 55.7 Å². The third kappa shape index (κ3) is 10.7. The van der Waals surface area contributed by atoms with Gasteiger partial charge in [0.05, 0.1) is 19.8 Å². The Kier molecular flexibility index (Phi) is 16.7. The lowest BCUT2D eigenvalue weighted by molar-refractivity contribution is -0.137. The molecule has 7 nitrogen and oxygen atoms in total. The minimum Gasteiger partial charge on any atom is -0.461 e. The predicted octanol–water partition coefficient (Wildman–Crippen LogP) is 17.8. The fourth-order valence-corrected chi connectivity index (χ4v) is 11.9. The smallest absolute Gasteiger partial charge is 0.330 e. The summed E-state index contributed by atoms with van der Waals surface area (Å²) in [5.41, 5.74) is 10.5. The maximum Gasteiger partial charge on any atom is 0.330 e. The molecule has 0 amide bonds. The number of alkyl halides is 1. The summed E-state index contributed by atoms with van der Waals surface area (Å²) in [5.74, 6) is -0.392. The molecule has 9 heteroatoms. The Labute approximate surface area is 488 Å². The molecule has 12 aromatic carbocycles. The Bertz CT molecular complexity index is 4480. The summed E-state index contributed by atoms with van der Waals surface area (Å²) in [6.07, 6.45) is 3.30. The number of hydrogen-bond acceptors (Lipinski definition) is 5. The van der Waals surface area contributed by atoms with Gasteiger partial charge < -0.3 is 24.1 Å². The van der Waals surface area contributed by atoms with Crippen molar-refractivity contribution in [2.75, 3.05) is 25.2 Å². The van der Waals surface area contributed by atoms with E-state index in [1.165, 1.54) is 126 Å². The van der Waals surface area contributed by atoms with Crippen molar-refractivity contribution in [2.45, 2.75) is 19.5 Å². The van der Waals surface area contributed by atoms with E-state index >= 15 is 0 Å². The Morgan fingerprint density at radius 3 is 1.04 bits per heavy atom. The van der Waals surface area contributed by atoms with E-state index in [0.29, 0.717) is 25.0 Å². The third-order valence-electron chi connectivity index (χ3n) is 15.2. The fraction of sp³-hybridized carbons (Fsp3) is 0.0959. The van der Waals surface area contributed by atoms with Crippen LogP contribution in [0.5, 0.6) is 0 Å². The molecular weight excluding hydrogens is 1100 g/mol. The van der Waals surface area contributed by atoms with Gasteiger partial charge in [0.25, 0.3) is 0 Å². The van der Waals surface area contributed by atoms with Crippen LogP contribution >= 0.6 is 27.5 Å². The molecule has 2 aromatic heterocycles. The minimum absolute atomic E-state index is 0.137. The second-order valence-corrected chi connectivity index (χ2v) is 21.0. The molecule has 0 spiro atoms. The average molecular weight is 1160 g/mol. The summed E-state index contributed by atoms with van der Waals surface area (Å²) in [7, 11) is 0. The number of fused-ring (bicyclic) bond motifs is 21. The van der Waals surface area contributed by atoms with Gasteiger partial charge in [0.15, 0.2) is 0 Å². The van der Waals surface area contributed by atoms with Crippen molar-refractivity contribution >= 4 is 147 Å². The number of aliphatic hydroxyl groups excluding tert-OH is 2. The molecule has 0 atom stereocenters. The molecule has 0 saturated carbocycles. The van der Waals surface area contributed by atoms with Crippen LogP contribution < -0.4 is 0 Å². The van der Waals surface area contributed by atoms with E-state index in [-0.39, 0.29) is 13.2 Å². The number of hydrogen-bond donors (Lipinski definition) is 2. The second kappa shape index (κ2) is 24.9. The number of nitrogens with zero attached hydrogens (tertiary/aromatic N) is 2. The molecule has 1 aliphatic rings. The van der Waals surface area contributed by atoms with E-state index in [2.05, 4.69) is 257 Å². The summed E-state index contributed by atoms with van der Waals surface area (Å²) in [4.78, 5) is 20.9. The molecule has 0 saturated heterocycles. The lowest BCUT2D eigenvalue weighted by Crippen LogP contribution is -2.09. The number of aliphatic hydroxyl groups is 2. The zero-order chi connectivity index (χ0) is 56.7. The molecule has 82 heavy (non-hydrogen) atoms. The Hall–Kier alpha value is -8.89. The van der Waals surface area contributed by atoms with Crippen molar-refractivity contribution < 1.29 is 24.5 Å². The normalized spacial score (nSPS) is 11.4. The molecule has 404 valence electrons. The molecule has 1 aliphatic carbocycles. The summed E-state index contributed by atoms with van der Waals surface area (Å²) >= 11 is 7.70. The molecule has 2 N–H and O–H groups in total. The van der Waals surface area contributed by atoms with Crippen molar-refractivity contribution in [1.29, 1.82) is 0 Å². The summed E-state index contributed by atoms with van der Waals surface area (Å²) in [6.45, 7) is 8.43. The highest BCUT2D eigenvalue weighted by Gasteiger charge is 2.23. The standard InChI is InChI=1S/C25H19NO2.C22H17NO.C21H14.C3H3ClO.C2H5BrO/c1-2-23(27)28-16-15-26-21-13-11-17-7-3-5-9-19(17)24(21)25-20-10-6-4-8-18(20)12-14-22(25)26;24-14-13-23-19-11-9-15-5-1-3-7-17(15)21(19)22-18-8-4-2-6-16(18)10-12-20(22)23;1-3-7-18-14(5-1)9-11-16-13-17-12-10-15-6-2-4-8-19(15)21(17)20(16)18;1-2-3(4)5;3-1-2-4/h2-14H,1,15-16H2;1-12,24H,13-14H2;1-12H,13H2;2H,1H2;4H,1-2H2. The van der Waals surface area contributed by atoms with Gasteiger partial charge >= 0.3 is 5.97 Å². The number of esters is 1. The maximum absolute atomic E-state index is 11.5. The Morgan fingerprint density at radius 2 is 0.732 bits per heavy atom. The van der Waals surface area contributed by atoms with Crippen molar-refractivity contribution in [3.05, 3.63) is 255 Å². The highest BCUT2D eigenvalue weighted by Crippen LogP contribution is 2.45. The van der Waals surface area contributed by atoms with E-state index in [4.69, 9.17) is 21.4 Å². The van der Waals surface area contributed by atoms with Gasteiger partial charge in [-0.15, -0.1) is 0 Å². The van der Waals surface area contributed by atoms with Crippen LogP contribution in [-0.2, 0) is 33.8 Å². The van der Waals surface area contributed by atoms with Gasteiger partial charge in [-0.25, -0.2) is 4.79 Å². The van der Waals surface area contributed by atoms with E-state index in [9.17, 15) is 14.7 Å². The number of halogens is 2. The number of ether oxygens (including phenoxy) is 1. The van der Waals surface area contributed by atoms with Gasteiger partial charge in [0, 0.05) is 61.6 Å². The van der Waals surface area contributed by atoms with Crippen LogP contribution in [0.25, 0.3) is 119 Å². The van der Waals surface area contributed by atoms with E-state index in [1.807, 2.05) is 0 Å². The first-order chi connectivity index (χ1) is 40.3. The monoisotopic (exact) mass is 1160 g/mol. The Morgan fingerprint density at radius 1 is 0.439 bits per heavy atom. The van der Waals surface area contributed by atoms with Gasteiger partial charge in [-0.05, 0) is 135 Å². The number of benzene rings is 12. The average Bonchev–Trinajstić information content (AvgIpc) is 4.41. The zero-order valence-corrected chi connectivity index (χ0v) is 47.4. The quantitative estimate of drug-likeness (QED) is 0.0684.